The fourth-order valence-corrected chi connectivity index (χ4v) is 2.93. The van der Waals surface area contributed by atoms with Gasteiger partial charge in [0.25, 0.3) is 0 Å². The van der Waals surface area contributed by atoms with Gasteiger partial charge >= 0.3 is 5.97 Å². The van der Waals surface area contributed by atoms with Gasteiger partial charge in [-0.3, -0.25) is 0 Å². The Labute approximate surface area is 92.3 Å². The predicted octanol–water partition coefficient (Wildman–Crippen LogP) is 3.73. The van der Waals surface area contributed by atoms with Crippen molar-refractivity contribution in [3.8, 4) is 0 Å². The third kappa shape index (κ3) is 3.72. The molecule has 0 radical (unpaired) electrons. The first-order chi connectivity index (χ1) is 6.74. The Morgan fingerprint density at radius 1 is 1.57 bits per heavy atom. The van der Waals surface area contributed by atoms with Gasteiger partial charge in [-0.1, -0.05) is 19.8 Å². The lowest BCUT2D eigenvalue weighted by molar-refractivity contribution is 0.0702. The molecule has 0 amide bonds. The van der Waals surface area contributed by atoms with Gasteiger partial charge in [-0.15, -0.1) is 23.1 Å². The average molecular weight is 230 g/mol. The van der Waals surface area contributed by atoms with E-state index in [1.165, 1.54) is 30.6 Å². The van der Waals surface area contributed by atoms with Gasteiger partial charge in [-0.25, -0.2) is 4.79 Å². The first kappa shape index (κ1) is 11.6. The Kier molecular flexibility index (Phi) is 5.04. The normalized spacial score (nSPS) is 10.4. The molecule has 0 atom stereocenters. The van der Waals surface area contributed by atoms with E-state index < -0.39 is 5.97 Å². The number of carboxylic acid groups (broad SMARTS) is 1. The fraction of sp³-hybridized carbons (Fsp3) is 0.500. The van der Waals surface area contributed by atoms with Crippen LogP contribution < -0.4 is 0 Å². The Hall–Kier alpha value is -0.480. The number of hydrogen-bond acceptors (Lipinski definition) is 3. The van der Waals surface area contributed by atoms with Crippen molar-refractivity contribution >= 4 is 29.1 Å². The van der Waals surface area contributed by atoms with Crippen LogP contribution in [0.4, 0.5) is 0 Å². The van der Waals surface area contributed by atoms with Gasteiger partial charge in [0.1, 0.15) is 4.88 Å². The highest BCUT2D eigenvalue weighted by Crippen LogP contribution is 2.25. The van der Waals surface area contributed by atoms with E-state index in [1.54, 1.807) is 17.8 Å². The lowest BCUT2D eigenvalue weighted by Gasteiger charge is -1.96. The lowest BCUT2D eigenvalue weighted by Crippen LogP contribution is -1.89. The molecule has 2 nitrogen and oxygen atoms in total. The van der Waals surface area contributed by atoms with Crippen LogP contribution in [0, 0.1) is 0 Å². The molecule has 1 aromatic rings. The summed E-state index contributed by atoms with van der Waals surface area (Å²) in [5.41, 5.74) is 0. The standard InChI is InChI=1S/C10H14O2S2/c1-2-3-4-5-13-8-6-9(10(11)12)14-7-8/h6-7H,2-5H2,1H3,(H,11,12). The van der Waals surface area contributed by atoms with Gasteiger partial charge in [0.05, 0.1) is 0 Å². The first-order valence-corrected chi connectivity index (χ1v) is 6.55. The van der Waals surface area contributed by atoms with E-state index in [4.69, 9.17) is 5.11 Å². The van der Waals surface area contributed by atoms with Gasteiger partial charge < -0.3 is 5.11 Å². The molecule has 1 N–H and O–H groups in total. The third-order valence-corrected chi connectivity index (χ3v) is 3.93. The maximum absolute atomic E-state index is 10.6. The Bertz CT molecular complexity index is 294. The van der Waals surface area contributed by atoms with Crippen LogP contribution in [0.25, 0.3) is 0 Å². The Morgan fingerprint density at radius 3 is 2.93 bits per heavy atom. The zero-order valence-electron chi connectivity index (χ0n) is 8.16. The molecule has 0 unspecified atom stereocenters. The monoisotopic (exact) mass is 230 g/mol. The number of hydrogen-bond donors (Lipinski definition) is 1. The second kappa shape index (κ2) is 6.09. The molecule has 0 aliphatic heterocycles. The van der Waals surface area contributed by atoms with Crippen LogP contribution >= 0.6 is 23.1 Å². The molecule has 4 heteroatoms. The molecule has 1 heterocycles. The maximum Gasteiger partial charge on any atom is 0.345 e. The zero-order valence-corrected chi connectivity index (χ0v) is 9.79. The molecule has 0 aliphatic rings. The van der Waals surface area contributed by atoms with E-state index in [2.05, 4.69) is 6.92 Å². The van der Waals surface area contributed by atoms with Crippen LogP contribution in [0.2, 0.25) is 0 Å². The van der Waals surface area contributed by atoms with E-state index in [0.717, 1.165) is 10.6 Å². The van der Waals surface area contributed by atoms with E-state index >= 15 is 0 Å². The van der Waals surface area contributed by atoms with Crippen molar-refractivity contribution in [2.24, 2.45) is 0 Å². The van der Waals surface area contributed by atoms with E-state index in [0.29, 0.717) is 4.88 Å². The minimum absolute atomic E-state index is 0.433. The van der Waals surface area contributed by atoms with Crippen molar-refractivity contribution in [3.05, 3.63) is 16.3 Å². The summed E-state index contributed by atoms with van der Waals surface area (Å²) in [5, 5.41) is 10.6. The highest BCUT2D eigenvalue weighted by molar-refractivity contribution is 7.99. The zero-order chi connectivity index (χ0) is 10.4. The molecule has 0 saturated carbocycles. The summed E-state index contributed by atoms with van der Waals surface area (Å²) < 4.78 is 0. The second-order valence-electron chi connectivity index (χ2n) is 3.01. The number of aromatic carboxylic acids is 1. The number of carboxylic acids is 1. The molecular weight excluding hydrogens is 216 g/mol. The molecule has 0 aliphatic carbocycles. The third-order valence-electron chi connectivity index (χ3n) is 1.80. The average Bonchev–Trinajstić information content (AvgIpc) is 2.61. The van der Waals surface area contributed by atoms with E-state index in [1.807, 2.05) is 5.38 Å². The quantitative estimate of drug-likeness (QED) is 0.597. The molecule has 78 valence electrons. The van der Waals surface area contributed by atoms with Crippen molar-refractivity contribution < 1.29 is 9.90 Å². The Morgan fingerprint density at radius 2 is 2.36 bits per heavy atom. The van der Waals surface area contributed by atoms with Crippen molar-refractivity contribution in [1.82, 2.24) is 0 Å². The largest absolute Gasteiger partial charge is 0.477 e. The molecule has 0 aromatic carbocycles. The summed E-state index contributed by atoms with van der Waals surface area (Å²) in [6.07, 6.45) is 3.69. The molecule has 0 fully saturated rings. The number of rotatable bonds is 6. The maximum atomic E-state index is 10.6. The molecule has 1 rings (SSSR count). The second-order valence-corrected chi connectivity index (χ2v) is 5.09. The number of unbranched alkanes of at least 4 members (excludes halogenated alkanes) is 2. The minimum atomic E-state index is -0.824. The van der Waals surface area contributed by atoms with Gasteiger partial charge in [-0.2, -0.15) is 0 Å². The predicted molar refractivity (Wildman–Crippen MR) is 61.5 cm³/mol. The van der Waals surface area contributed by atoms with Crippen LogP contribution in [-0.2, 0) is 0 Å². The number of carbonyl (C=O) groups is 1. The summed E-state index contributed by atoms with van der Waals surface area (Å²) in [5.74, 6) is 0.263. The molecule has 0 bridgehead atoms. The molecular formula is C10H14O2S2. The topological polar surface area (TPSA) is 37.3 Å². The van der Waals surface area contributed by atoms with Crippen LogP contribution in [0.1, 0.15) is 35.9 Å². The van der Waals surface area contributed by atoms with Gasteiger partial charge in [-0.05, 0) is 18.2 Å². The lowest BCUT2D eigenvalue weighted by atomic mass is 10.3. The fourth-order valence-electron chi connectivity index (χ4n) is 1.05. The molecule has 0 saturated heterocycles. The van der Waals surface area contributed by atoms with Gasteiger partial charge in [0.2, 0.25) is 0 Å². The highest BCUT2D eigenvalue weighted by Gasteiger charge is 2.06. The van der Waals surface area contributed by atoms with E-state index in [-0.39, 0.29) is 0 Å². The smallest absolute Gasteiger partial charge is 0.345 e. The number of thiophene rings is 1. The van der Waals surface area contributed by atoms with Crippen LogP contribution in [0.3, 0.4) is 0 Å². The first-order valence-electron chi connectivity index (χ1n) is 4.68. The van der Waals surface area contributed by atoms with Crippen LogP contribution in [-0.4, -0.2) is 16.8 Å². The highest BCUT2D eigenvalue weighted by atomic mass is 32.2. The van der Waals surface area contributed by atoms with Crippen molar-refractivity contribution in [2.45, 2.75) is 31.1 Å². The molecule has 14 heavy (non-hydrogen) atoms. The molecule has 1 aromatic heterocycles. The Balaban J connectivity index is 2.33. The summed E-state index contributed by atoms with van der Waals surface area (Å²) in [6, 6.07) is 1.75. The van der Waals surface area contributed by atoms with Crippen LogP contribution in [0.5, 0.6) is 0 Å². The van der Waals surface area contributed by atoms with E-state index in [9.17, 15) is 4.79 Å². The minimum Gasteiger partial charge on any atom is -0.477 e. The molecule has 0 spiro atoms. The van der Waals surface area contributed by atoms with Crippen molar-refractivity contribution in [1.29, 1.82) is 0 Å². The van der Waals surface area contributed by atoms with Crippen molar-refractivity contribution in [3.63, 3.8) is 0 Å². The van der Waals surface area contributed by atoms with Crippen LogP contribution in [0.15, 0.2) is 16.3 Å². The van der Waals surface area contributed by atoms with Crippen molar-refractivity contribution in [2.75, 3.05) is 5.75 Å². The summed E-state index contributed by atoms with van der Waals surface area (Å²) >= 11 is 3.05. The number of thioether (sulfide) groups is 1. The summed E-state index contributed by atoms with van der Waals surface area (Å²) in [7, 11) is 0. The van der Waals surface area contributed by atoms with Gasteiger partial charge in [0.15, 0.2) is 0 Å². The SMILES string of the molecule is CCCCCSc1csc(C(=O)O)c1. The summed E-state index contributed by atoms with van der Waals surface area (Å²) in [4.78, 5) is 12.1. The van der Waals surface area contributed by atoms with Gasteiger partial charge in [0, 0.05) is 10.3 Å². The summed E-state index contributed by atoms with van der Waals surface area (Å²) in [6.45, 7) is 2.18.